The first kappa shape index (κ1) is 30.4. The van der Waals surface area contributed by atoms with Crippen molar-refractivity contribution in [1.82, 2.24) is 4.57 Å². The highest BCUT2D eigenvalue weighted by atomic mass is 28.3. The average molecular weight is 653 g/mol. The molecule has 5 heteroatoms. The van der Waals surface area contributed by atoms with Crippen LogP contribution in [-0.2, 0) is 0 Å². The largest absolute Gasteiger partial charge is 0.309 e. The van der Waals surface area contributed by atoms with Gasteiger partial charge >= 0.3 is 0 Å². The summed E-state index contributed by atoms with van der Waals surface area (Å²) in [4.78, 5) is 8.31. The molecule has 0 aliphatic rings. The van der Waals surface area contributed by atoms with Crippen molar-refractivity contribution in [2.45, 2.75) is 0 Å². The van der Waals surface area contributed by atoms with E-state index in [0.717, 1.165) is 38.2 Å². The van der Waals surface area contributed by atoms with Crippen LogP contribution in [0, 0.1) is 24.5 Å². The van der Waals surface area contributed by atoms with Crippen LogP contribution < -0.4 is 20.7 Å². The molecule has 0 spiro atoms. The fraction of sp³-hybridized carbons (Fsp3) is 0. The molecule has 0 saturated carbocycles. The van der Waals surface area contributed by atoms with E-state index in [2.05, 4.69) is 117 Å². The minimum absolute atomic E-state index is 0.440. The Balaban J connectivity index is 1.44. The van der Waals surface area contributed by atoms with Crippen LogP contribution in [0.1, 0.15) is 5.56 Å². The van der Waals surface area contributed by atoms with Crippen LogP contribution in [0.5, 0.6) is 0 Å². The normalized spacial score (nSPS) is 11.1. The molecular weight excluding hydrogens is 625 g/mol. The van der Waals surface area contributed by atoms with Gasteiger partial charge in [0.05, 0.1) is 35.8 Å². The lowest BCUT2D eigenvalue weighted by Crippen LogP contribution is -2.74. The Morgan fingerprint density at radius 2 is 1.14 bits per heavy atom. The van der Waals surface area contributed by atoms with Crippen molar-refractivity contribution < 1.29 is 0 Å². The van der Waals surface area contributed by atoms with Crippen molar-refractivity contribution in [3.8, 4) is 22.9 Å². The van der Waals surface area contributed by atoms with Crippen LogP contribution in [0.25, 0.3) is 48.3 Å². The lowest BCUT2D eigenvalue weighted by molar-refractivity contribution is 1.18. The number of hydrogen-bond donors (Lipinski definition) is 0. The van der Waals surface area contributed by atoms with Crippen LogP contribution in [0.2, 0.25) is 0 Å². The zero-order chi connectivity index (χ0) is 34.1. The number of para-hydroxylation sites is 1. The predicted octanol–water partition coefficient (Wildman–Crippen LogP) is 8.80. The standard InChI is InChI=1S/C45H28N4Si/c1-47-40-26-28-43(50(35-17-6-3-7-18-35,36-19-8-4-9-20-36)37-21-10-5-11-22-37)45(48-2)44(40)33-15-14-16-34(30-33)49-41-24-13-12-23-38(41)39-29-32(31-46)25-27-42(39)49/h3-30H. The van der Waals surface area contributed by atoms with E-state index in [-0.39, 0.29) is 0 Å². The maximum Gasteiger partial charge on any atom is 0.185 e. The summed E-state index contributed by atoms with van der Waals surface area (Å²) in [6.45, 7) is 17.0. The van der Waals surface area contributed by atoms with Gasteiger partial charge in [0, 0.05) is 16.5 Å². The van der Waals surface area contributed by atoms with E-state index >= 15 is 0 Å². The molecule has 232 valence electrons. The summed E-state index contributed by atoms with van der Waals surface area (Å²) in [6.07, 6.45) is 0. The van der Waals surface area contributed by atoms with Crippen LogP contribution in [-0.4, -0.2) is 12.6 Å². The Labute approximate surface area is 292 Å². The highest BCUT2D eigenvalue weighted by Crippen LogP contribution is 2.41. The molecule has 7 aromatic carbocycles. The number of aromatic nitrogens is 1. The van der Waals surface area contributed by atoms with E-state index < -0.39 is 8.07 Å². The maximum atomic E-state index is 9.65. The number of nitrogens with zero attached hydrogens (tertiary/aromatic N) is 4. The van der Waals surface area contributed by atoms with Crippen LogP contribution in [0.4, 0.5) is 11.4 Å². The second-order valence-corrected chi connectivity index (χ2v) is 15.9. The molecule has 4 nitrogen and oxygen atoms in total. The van der Waals surface area contributed by atoms with Crippen molar-refractivity contribution in [1.29, 1.82) is 5.26 Å². The molecule has 0 saturated heterocycles. The quantitative estimate of drug-likeness (QED) is 0.101. The molecule has 0 amide bonds. The summed E-state index contributed by atoms with van der Waals surface area (Å²) in [5.41, 5.74) is 5.90. The molecule has 8 rings (SSSR count). The van der Waals surface area contributed by atoms with Crippen molar-refractivity contribution in [2.75, 3.05) is 0 Å². The van der Waals surface area contributed by atoms with Gasteiger partial charge < -0.3 is 4.57 Å². The minimum Gasteiger partial charge on any atom is -0.309 e. The van der Waals surface area contributed by atoms with Crippen LogP contribution in [0.3, 0.4) is 0 Å². The van der Waals surface area contributed by atoms with Crippen molar-refractivity contribution in [2.24, 2.45) is 0 Å². The Hall–Kier alpha value is -6.97. The number of rotatable bonds is 6. The third-order valence-electron chi connectivity index (χ3n) is 9.61. The van der Waals surface area contributed by atoms with E-state index in [4.69, 9.17) is 13.1 Å². The van der Waals surface area contributed by atoms with Gasteiger partial charge in [-0.2, -0.15) is 5.26 Å². The first-order valence-electron chi connectivity index (χ1n) is 16.3. The maximum absolute atomic E-state index is 9.65. The van der Waals surface area contributed by atoms with Crippen molar-refractivity contribution >= 4 is 62.0 Å². The molecule has 0 aliphatic carbocycles. The van der Waals surface area contributed by atoms with E-state index in [1.54, 1.807) is 0 Å². The zero-order valence-corrected chi connectivity index (χ0v) is 28.0. The summed E-state index contributed by atoms with van der Waals surface area (Å²) < 4.78 is 2.20. The monoisotopic (exact) mass is 652 g/mol. The molecule has 8 aromatic rings. The van der Waals surface area contributed by atoms with Gasteiger partial charge in [-0.3, -0.25) is 0 Å². The third-order valence-corrected chi connectivity index (χ3v) is 14.4. The fourth-order valence-electron chi connectivity index (χ4n) is 7.53. The van der Waals surface area contributed by atoms with Crippen molar-refractivity contribution in [3.05, 3.63) is 198 Å². The average Bonchev–Trinajstić information content (AvgIpc) is 3.53. The number of hydrogen-bond acceptors (Lipinski definition) is 1. The van der Waals surface area contributed by atoms with Gasteiger partial charge in [0.2, 0.25) is 0 Å². The molecule has 1 aromatic heterocycles. The van der Waals surface area contributed by atoms with Gasteiger partial charge in [-0.05, 0) is 68.3 Å². The second-order valence-electron chi connectivity index (χ2n) is 12.2. The third kappa shape index (κ3) is 4.72. The molecule has 0 atom stereocenters. The van der Waals surface area contributed by atoms with Gasteiger partial charge in [0.15, 0.2) is 19.4 Å². The SMILES string of the molecule is [C-]#[N+]c1ccc([Si](c2ccccc2)(c2ccccc2)c2ccccc2)c([N+]#[C-])c1-c1cccc(-n2c3ccccc3c3cc(C#N)ccc32)c1. The first-order valence-corrected chi connectivity index (χ1v) is 18.3. The van der Waals surface area contributed by atoms with Gasteiger partial charge in [0.1, 0.15) is 0 Å². The molecule has 0 fully saturated rings. The zero-order valence-electron chi connectivity index (χ0n) is 27.0. The smallest absolute Gasteiger partial charge is 0.185 e. The van der Waals surface area contributed by atoms with Crippen LogP contribution in [0.15, 0.2) is 170 Å². The lowest BCUT2D eigenvalue weighted by atomic mass is 10.0. The molecule has 1 heterocycles. The Morgan fingerprint density at radius 1 is 0.540 bits per heavy atom. The predicted molar refractivity (Wildman–Crippen MR) is 207 cm³/mol. The summed E-state index contributed by atoms with van der Waals surface area (Å²) in [7, 11) is -3.06. The Morgan fingerprint density at radius 3 is 1.74 bits per heavy atom. The topological polar surface area (TPSA) is 37.4 Å². The minimum atomic E-state index is -3.06. The van der Waals surface area contributed by atoms with Gasteiger partial charge in [-0.1, -0.05) is 133 Å². The highest BCUT2D eigenvalue weighted by molar-refractivity contribution is 7.20. The van der Waals surface area contributed by atoms with E-state index in [0.29, 0.717) is 22.5 Å². The van der Waals surface area contributed by atoms with E-state index in [1.165, 1.54) is 15.6 Å². The summed E-state index contributed by atoms with van der Waals surface area (Å²) >= 11 is 0. The number of fused-ring (bicyclic) bond motifs is 3. The molecular formula is C45H28N4Si. The molecule has 0 bridgehead atoms. The Kier molecular flexibility index (Phi) is 7.63. The van der Waals surface area contributed by atoms with Crippen LogP contribution >= 0.6 is 0 Å². The van der Waals surface area contributed by atoms with E-state index in [9.17, 15) is 5.26 Å². The molecule has 0 radical (unpaired) electrons. The van der Waals surface area contributed by atoms with Crippen molar-refractivity contribution in [3.63, 3.8) is 0 Å². The van der Waals surface area contributed by atoms with Gasteiger partial charge in [0.25, 0.3) is 0 Å². The second kappa shape index (κ2) is 12.6. The molecule has 0 N–H and O–H groups in total. The molecule has 0 unspecified atom stereocenters. The summed E-state index contributed by atoms with van der Waals surface area (Å²) in [5.74, 6) is 0. The van der Waals surface area contributed by atoms with Gasteiger partial charge in [-0.15, -0.1) is 0 Å². The Bertz CT molecular complexity index is 2580. The number of nitriles is 1. The molecule has 50 heavy (non-hydrogen) atoms. The van der Waals surface area contributed by atoms with Gasteiger partial charge in [-0.25, -0.2) is 9.69 Å². The summed E-state index contributed by atoms with van der Waals surface area (Å²) in [5, 5.41) is 16.2. The highest BCUT2D eigenvalue weighted by Gasteiger charge is 2.43. The summed E-state index contributed by atoms with van der Waals surface area (Å²) in [6, 6.07) is 60.0. The van der Waals surface area contributed by atoms with E-state index in [1.807, 2.05) is 72.8 Å². The molecule has 0 aliphatic heterocycles. The first-order chi connectivity index (χ1) is 24.7. The fourth-order valence-corrected chi connectivity index (χ4v) is 12.4. The number of benzene rings is 7. The lowest BCUT2D eigenvalue weighted by Gasteiger charge is -2.36.